The summed E-state index contributed by atoms with van der Waals surface area (Å²) < 4.78 is 0. The zero-order chi connectivity index (χ0) is 19.0. The highest BCUT2D eigenvalue weighted by molar-refractivity contribution is 6.00. The molecule has 6 heteroatoms. The first kappa shape index (κ1) is 22.9. The number of carbonyl (C=O) groups is 1. The lowest BCUT2D eigenvalue weighted by Gasteiger charge is -2.28. The van der Waals surface area contributed by atoms with Gasteiger partial charge in [0.2, 0.25) is 5.91 Å². The fourth-order valence-corrected chi connectivity index (χ4v) is 5.18. The van der Waals surface area contributed by atoms with E-state index in [1.807, 2.05) is 0 Å². The molecule has 2 fully saturated rings. The lowest BCUT2D eigenvalue weighted by molar-refractivity contribution is -0.120. The lowest BCUT2D eigenvalue weighted by Crippen LogP contribution is -2.37. The van der Waals surface area contributed by atoms with Gasteiger partial charge in [-0.05, 0) is 61.9 Å². The maximum absolute atomic E-state index is 13.5. The Hall–Kier alpha value is -1.75. The minimum absolute atomic E-state index is 0. The number of amides is 1. The van der Waals surface area contributed by atoms with Gasteiger partial charge in [-0.1, -0.05) is 42.5 Å². The molecular weight excluding hydrogens is 417 g/mol. The molecule has 1 N–H and O–H groups in total. The number of carbonyl (C=O) groups excluding carboxylic acids is 1. The third-order valence-electron chi connectivity index (χ3n) is 6.89. The van der Waals surface area contributed by atoms with Gasteiger partial charge in [-0.3, -0.25) is 4.79 Å². The number of anilines is 2. The maximum Gasteiger partial charge on any atom is 0.230 e. The highest BCUT2D eigenvalue weighted by Gasteiger charge is 2.58. The first-order chi connectivity index (χ1) is 13.8. The van der Waals surface area contributed by atoms with E-state index in [9.17, 15) is 4.79 Å². The van der Waals surface area contributed by atoms with Crippen LogP contribution in [-0.2, 0) is 11.3 Å². The van der Waals surface area contributed by atoms with Crippen LogP contribution in [0.2, 0.25) is 0 Å². The SMILES string of the molecule is Cl.Cl.O=C(C1CC12CCNCC2)N1CCCN(Cc2ccccc2)c2ccccc21. The number of rotatable bonds is 3. The number of nitrogens with zero attached hydrogens (tertiary/aromatic N) is 2. The third kappa shape index (κ3) is 4.32. The van der Waals surface area contributed by atoms with E-state index in [0.29, 0.717) is 5.91 Å². The van der Waals surface area contributed by atoms with Crippen LogP contribution in [0, 0.1) is 11.3 Å². The van der Waals surface area contributed by atoms with E-state index in [4.69, 9.17) is 0 Å². The molecule has 1 atom stereocenters. The highest BCUT2D eigenvalue weighted by Crippen LogP contribution is 2.59. The van der Waals surface area contributed by atoms with Crippen molar-refractivity contribution in [2.24, 2.45) is 11.3 Å². The molecule has 2 aromatic rings. The minimum Gasteiger partial charge on any atom is -0.365 e. The van der Waals surface area contributed by atoms with Crippen molar-refractivity contribution >= 4 is 42.1 Å². The third-order valence-corrected chi connectivity index (χ3v) is 6.89. The number of benzene rings is 2. The molecule has 0 aromatic heterocycles. The highest BCUT2D eigenvalue weighted by atomic mass is 35.5. The van der Waals surface area contributed by atoms with Crippen LogP contribution in [0.4, 0.5) is 11.4 Å². The summed E-state index contributed by atoms with van der Waals surface area (Å²) in [5.41, 5.74) is 3.88. The maximum atomic E-state index is 13.5. The molecule has 2 heterocycles. The summed E-state index contributed by atoms with van der Waals surface area (Å²) in [5, 5.41) is 3.44. The summed E-state index contributed by atoms with van der Waals surface area (Å²) in [6, 6.07) is 19.1. The number of hydrogen-bond acceptors (Lipinski definition) is 3. The van der Waals surface area contributed by atoms with Gasteiger partial charge in [0.15, 0.2) is 0 Å². The Morgan fingerprint density at radius 1 is 0.933 bits per heavy atom. The molecular formula is C24H31Cl2N3O. The number of halogens is 2. The molecule has 1 amide bonds. The first-order valence-corrected chi connectivity index (χ1v) is 10.7. The second-order valence-corrected chi connectivity index (χ2v) is 8.61. The molecule has 2 aliphatic heterocycles. The molecule has 1 spiro atoms. The van der Waals surface area contributed by atoms with Crippen molar-refractivity contribution in [1.29, 1.82) is 0 Å². The molecule has 162 valence electrons. The van der Waals surface area contributed by atoms with E-state index in [-0.39, 0.29) is 36.1 Å². The minimum atomic E-state index is 0. The van der Waals surface area contributed by atoms with Crippen LogP contribution in [0.5, 0.6) is 0 Å². The van der Waals surface area contributed by atoms with Crippen molar-refractivity contribution in [2.45, 2.75) is 32.2 Å². The quantitative estimate of drug-likeness (QED) is 0.742. The smallest absolute Gasteiger partial charge is 0.230 e. The van der Waals surface area contributed by atoms with Crippen LogP contribution in [0.15, 0.2) is 54.6 Å². The summed E-state index contributed by atoms with van der Waals surface area (Å²) in [5.74, 6) is 0.583. The molecule has 5 rings (SSSR count). The van der Waals surface area contributed by atoms with Crippen molar-refractivity contribution in [2.75, 3.05) is 36.0 Å². The van der Waals surface area contributed by atoms with Gasteiger partial charge in [0, 0.05) is 25.6 Å². The van der Waals surface area contributed by atoms with Crippen LogP contribution in [0.25, 0.3) is 0 Å². The van der Waals surface area contributed by atoms with Gasteiger partial charge >= 0.3 is 0 Å². The van der Waals surface area contributed by atoms with Crippen molar-refractivity contribution in [3.63, 3.8) is 0 Å². The molecule has 4 nitrogen and oxygen atoms in total. The number of para-hydroxylation sites is 2. The van der Waals surface area contributed by atoms with Gasteiger partial charge in [-0.2, -0.15) is 0 Å². The molecule has 0 bridgehead atoms. The van der Waals surface area contributed by atoms with Crippen LogP contribution in [0.1, 0.15) is 31.2 Å². The summed E-state index contributed by atoms with van der Waals surface area (Å²) in [4.78, 5) is 18.0. The Labute approximate surface area is 191 Å². The second kappa shape index (κ2) is 9.59. The van der Waals surface area contributed by atoms with Gasteiger partial charge < -0.3 is 15.1 Å². The summed E-state index contributed by atoms with van der Waals surface area (Å²) in [7, 11) is 0. The van der Waals surface area contributed by atoms with Crippen LogP contribution in [0.3, 0.4) is 0 Å². The summed E-state index contributed by atoms with van der Waals surface area (Å²) in [6.45, 7) is 4.82. The van der Waals surface area contributed by atoms with Crippen molar-refractivity contribution < 1.29 is 4.79 Å². The van der Waals surface area contributed by atoms with Crippen molar-refractivity contribution in [3.05, 3.63) is 60.2 Å². The molecule has 1 aliphatic carbocycles. The van der Waals surface area contributed by atoms with Gasteiger partial charge in [-0.25, -0.2) is 0 Å². The van der Waals surface area contributed by atoms with Gasteiger partial charge in [0.25, 0.3) is 0 Å². The Bertz CT molecular complexity index is 855. The molecule has 30 heavy (non-hydrogen) atoms. The van der Waals surface area contributed by atoms with Gasteiger partial charge in [-0.15, -0.1) is 24.8 Å². The largest absolute Gasteiger partial charge is 0.365 e. The molecule has 1 saturated carbocycles. The topological polar surface area (TPSA) is 35.6 Å². The number of hydrogen-bond donors (Lipinski definition) is 1. The average Bonchev–Trinajstić information content (AvgIpc) is 3.47. The molecule has 3 aliphatic rings. The summed E-state index contributed by atoms with van der Waals surface area (Å²) in [6.07, 6.45) is 4.40. The molecule has 1 saturated heterocycles. The normalized spacial score (nSPS) is 21.7. The van der Waals surface area contributed by atoms with Crippen molar-refractivity contribution in [1.82, 2.24) is 5.32 Å². The fourth-order valence-electron chi connectivity index (χ4n) is 5.18. The van der Waals surface area contributed by atoms with E-state index in [1.165, 1.54) is 11.3 Å². The second-order valence-electron chi connectivity index (χ2n) is 8.61. The molecule has 1 unspecified atom stereocenters. The standard InChI is InChI=1S/C24H29N3O.2ClH/c28-23(20-17-24(20)11-13-25-14-12-24)27-16-6-15-26(18-19-7-2-1-3-8-19)21-9-4-5-10-22(21)27;;/h1-5,7-10,20,25H,6,11-18H2;2*1H. The Morgan fingerprint density at radius 2 is 1.60 bits per heavy atom. The van der Waals surface area contributed by atoms with Crippen LogP contribution < -0.4 is 15.1 Å². The van der Waals surface area contributed by atoms with E-state index >= 15 is 0 Å². The Kier molecular flexibility index (Phi) is 7.33. The number of nitrogens with one attached hydrogen (secondary N) is 1. The predicted molar refractivity (Wildman–Crippen MR) is 128 cm³/mol. The van der Waals surface area contributed by atoms with E-state index in [0.717, 1.165) is 64.1 Å². The number of piperidine rings is 1. The summed E-state index contributed by atoms with van der Waals surface area (Å²) >= 11 is 0. The Balaban J connectivity index is 0.00000128. The zero-order valence-electron chi connectivity index (χ0n) is 17.3. The van der Waals surface area contributed by atoms with Crippen LogP contribution >= 0.6 is 24.8 Å². The fraction of sp³-hybridized carbons (Fsp3) is 0.458. The number of fused-ring (bicyclic) bond motifs is 1. The van der Waals surface area contributed by atoms with Gasteiger partial charge in [0.1, 0.15) is 0 Å². The van der Waals surface area contributed by atoms with E-state index < -0.39 is 0 Å². The first-order valence-electron chi connectivity index (χ1n) is 10.7. The van der Waals surface area contributed by atoms with Crippen molar-refractivity contribution in [3.8, 4) is 0 Å². The average molecular weight is 448 g/mol. The lowest BCUT2D eigenvalue weighted by atomic mass is 9.91. The van der Waals surface area contributed by atoms with Crippen LogP contribution in [-0.4, -0.2) is 32.1 Å². The van der Waals surface area contributed by atoms with E-state index in [2.05, 4.69) is 69.7 Å². The molecule has 2 aromatic carbocycles. The monoisotopic (exact) mass is 447 g/mol. The van der Waals surface area contributed by atoms with Gasteiger partial charge in [0.05, 0.1) is 11.4 Å². The Morgan fingerprint density at radius 3 is 2.33 bits per heavy atom. The molecule has 0 radical (unpaired) electrons. The predicted octanol–water partition coefficient (Wildman–Crippen LogP) is 4.66. The van der Waals surface area contributed by atoms with E-state index in [1.54, 1.807) is 0 Å². The zero-order valence-corrected chi connectivity index (χ0v) is 18.9.